The van der Waals surface area contributed by atoms with Gasteiger partial charge in [0.15, 0.2) is 6.61 Å². The SMILES string of the molecule is C/C=C/c1ccc2c(c1)C(=O)CO2. The molecule has 1 aromatic rings. The fraction of sp³-hybridized carbons (Fsp3) is 0.182. The second-order valence-corrected chi connectivity index (χ2v) is 2.97. The van der Waals surface area contributed by atoms with Crippen LogP contribution in [0.5, 0.6) is 5.75 Å². The summed E-state index contributed by atoms with van der Waals surface area (Å²) in [6.45, 7) is 2.14. The molecular weight excluding hydrogens is 164 g/mol. The van der Waals surface area contributed by atoms with Crippen LogP contribution in [-0.2, 0) is 0 Å². The van der Waals surface area contributed by atoms with Gasteiger partial charge in [-0.2, -0.15) is 0 Å². The Bertz CT molecular complexity index is 378. The second kappa shape index (κ2) is 3.05. The van der Waals surface area contributed by atoms with E-state index in [-0.39, 0.29) is 12.4 Å². The van der Waals surface area contributed by atoms with E-state index < -0.39 is 0 Å². The van der Waals surface area contributed by atoms with Gasteiger partial charge < -0.3 is 4.74 Å². The van der Waals surface area contributed by atoms with E-state index >= 15 is 0 Å². The monoisotopic (exact) mass is 174 g/mol. The molecule has 2 rings (SSSR count). The highest BCUT2D eigenvalue weighted by molar-refractivity contribution is 6.02. The number of fused-ring (bicyclic) bond motifs is 1. The van der Waals surface area contributed by atoms with Crippen molar-refractivity contribution in [3.05, 3.63) is 35.4 Å². The molecule has 2 nitrogen and oxygen atoms in total. The Kier molecular flexibility index (Phi) is 1.89. The first-order valence-electron chi connectivity index (χ1n) is 4.24. The van der Waals surface area contributed by atoms with E-state index in [1.54, 1.807) is 0 Å². The van der Waals surface area contributed by atoms with Crippen LogP contribution >= 0.6 is 0 Å². The van der Waals surface area contributed by atoms with Crippen molar-refractivity contribution < 1.29 is 9.53 Å². The Morgan fingerprint density at radius 1 is 1.46 bits per heavy atom. The van der Waals surface area contributed by atoms with Gasteiger partial charge >= 0.3 is 0 Å². The van der Waals surface area contributed by atoms with Crippen LogP contribution in [0.15, 0.2) is 24.3 Å². The number of rotatable bonds is 1. The molecule has 0 aliphatic carbocycles. The molecule has 0 fully saturated rings. The van der Waals surface area contributed by atoms with Crippen LogP contribution in [-0.4, -0.2) is 12.4 Å². The fourth-order valence-electron chi connectivity index (χ4n) is 1.41. The number of hydrogen-bond acceptors (Lipinski definition) is 2. The van der Waals surface area contributed by atoms with Gasteiger partial charge in [0.1, 0.15) is 5.75 Å². The Morgan fingerprint density at radius 3 is 3.08 bits per heavy atom. The predicted molar refractivity (Wildman–Crippen MR) is 51.0 cm³/mol. The van der Waals surface area contributed by atoms with Gasteiger partial charge in [0.2, 0.25) is 5.78 Å². The lowest BCUT2D eigenvalue weighted by Gasteiger charge is -1.97. The molecule has 0 unspecified atom stereocenters. The number of hydrogen-bond donors (Lipinski definition) is 0. The number of carbonyl (C=O) groups excluding carboxylic acids is 1. The lowest BCUT2D eigenvalue weighted by molar-refractivity contribution is 0.0961. The third-order valence-electron chi connectivity index (χ3n) is 2.02. The normalized spacial score (nSPS) is 14.7. The first-order valence-corrected chi connectivity index (χ1v) is 4.24. The Hall–Kier alpha value is -1.57. The fourth-order valence-corrected chi connectivity index (χ4v) is 1.41. The van der Waals surface area contributed by atoms with Gasteiger partial charge in [-0.15, -0.1) is 0 Å². The minimum atomic E-state index is 0.0707. The average molecular weight is 174 g/mol. The van der Waals surface area contributed by atoms with Crippen LogP contribution in [0.25, 0.3) is 6.08 Å². The number of benzene rings is 1. The van der Waals surface area contributed by atoms with Crippen LogP contribution in [0.2, 0.25) is 0 Å². The second-order valence-electron chi connectivity index (χ2n) is 2.97. The van der Waals surface area contributed by atoms with Crippen LogP contribution in [0.4, 0.5) is 0 Å². The highest BCUT2D eigenvalue weighted by Gasteiger charge is 2.20. The van der Waals surface area contributed by atoms with Crippen LogP contribution in [0, 0.1) is 0 Å². The molecule has 0 spiro atoms. The van der Waals surface area contributed by atoms with E-state index in [1.165, 1.54) is 0 Å². The molecule has 1 aliphatic rings. The Balaban J connectivity index is 2.47. The summed E-state index contributed by atoms with van der Waals surface area (Å²) in [5, 5.41) is 0. The zero-order chi connectivity index (χ0) is 9.26. The van der Waals surface area contributed by atoms with Gasteiger partial charge in [0, 0.05) is 0 Å². The molecule has 0 radical (unpaired) electrons. The average Bonchev–Trinajstić information content (AvgIpc) is 2.49. The quantitative estimate of drug-likeness (QED) is 0.653. The molecule has 1 aromatic carbocycles. The summed E-state index contributed by atoms with van der Waals surface area (Å²) in [5.74, 6) is 0.777. The summed E-state index contributed by atoms with van der Waals surface area (Å²) in [4.78, 5) is 11.3. The zero-order valence-electron chi connectivity index (χ0n) is 7.41. The third-order valence-corrected chi connectivity index (χ3v) is 2.02. The van der Waals surface area contributed by atoms with Gasteiger partial charge in [0.25, 0.3) is 0 Å². The third kappa shape index (κ3) is 1.35. The van der Waals surface area contributed by atoms with Crippen molar-refractivity contribution in [3.8, 4) is 5.75 Å². The largest absolute Gasteiger partial charge is 0.485 e. The van der Waals surface area contributed by atoms with Crippen molar-refractivity contribution in [2.75, 3.05) is 6.61 Å². The summed E-state index contributed by atoms with van der Waals surface area (Å²) in [6, 6.07) is 5.65. The number of allylic oxidation sites excluding steroid dienone is 1. The van der Waals surface area contributed by atoms with Crippen LogP contribution in [0.3, 0.4) is 0 Å². The standard InChI is InChI=1S/C11H10O2/c1-2-3-8-4-5-11-9(6-8)10(12)7-13-11/h2-6H,7H2,1H3/b3-2+. The smallest absolute Gasteiger partial charge is 0.203 e. The van der Waals surface area contributed by atoms with E-state index in [2.05, 4.69) is 0 Å². The van der Waals surface area contributed by atoms with E-state index in [0.717, 1.165) is 5.56 Å². The van der Waals surface area contributed by atoms with Gasteiger partial charge in [-0.3, -0.25) is 4.79 Å². The summed E-state index contributed by atoms with van der Waals surface area (Å²) >= 11 is 0. The van der Waals surface area contributed by atoms with Crippen molar-refractivity contribution >= 4 is 11.9 Å². The van der Waals surface area contributed by atoms with E-state index in [9.17, 15) is 4.79 Å². The van der Waals surface area contributed by atoms with Gasteiger partial charge in [0.05, 0.1) is 5.56 Å². The Morgan fingerprint density at radius 2 is 2.31 bits per heavy atom. The first-order chi connectivity index (χ1) is 6.31. The molecule has 0 N–H and O–H groups in total. The molecule has 0 saturated heterocycles. The maximum Gasteiger partial charge on any atom is 0.203 e. The van der Waals surface area contributed by atoms with Crippen molar-refractivity contribution in [2.45, 2.75) is 6.92 Å². The zero-order valence-corrected chi connectivity index (χ0v) is 7.41. The van der Waals surface area contributed by atoms with E-state index in [1.807, 2.05) is 37.3 Å². The predicted octanol–water partition coefficient (Wildman–Crippen LogP) is 2.29. The molecule has 13 heavy (non-hydrogen) atoms. The van der Waals surface area contributed by atoms with Crippen molar-refractivity contribution in [1.82, 2.24) is 0 Å². The summed E-state index contributed by atoms with van der Waals surface area (Å²) in [7, 11) is 0. The summed E-state index contributed by atoms with van der Waals surface area (Å²) in [5.41, 5.74) is 1.75. The first kappa shape index (κ1) is 8.05. The highest BCUT2D eigenvalue weighted by Crippen LogP contribution is 2.26. The number of carbonyl (C=O) groups is 1. The minimum absolute atomic E-state index is 0.0707. The molecule has 0 saturated carbocycles. The van der Waals surface area contributed by atoms with Crippen LogP contribution in [0.1, 0.15) is 22.8 Å². The van der Waals surface area contributed by atoms with E-state index in [0.29, 0.717) is 11.3 Å². The molecule has 66 valence electrons. The molecule has 0 amide bonds. The van der Waals surface area contributed by atoms with Crippen molar-refractivity contribution in [3.63, 3.8) is 0 Å². The van der Waals surface area contributed by atoms with Crippen molar-refractivity contribution in [1.29, 1.82) is 0 Å². The maximum atomic E-state index is 11.3. The number of ketones is 1. The van der Waals surface area contributed by atoms with Crippen molar-refractivity contribution in [2.24, 2.45) is 0 Å². The molecule has 0 bridgehead atoms. The van der Waals surface area contributed by atoms with E-state index in [4.69, 9.17) is 4.74 Å². The summed E-state index contributed by atoms with van der Waals surface area (Å²) in [6.07, 6.45) is 3.91. The van der Waals surface area contributed by atoms with Crippen LogP contribution < -0.4 is 4.74 Å². The topological polar surface area (TPSA) is 26.3 Å². The molecule has 1 heterocycles. The van der Waals surface area contributed by atoms with Gasteiger partial charge in [-0.05, 0) is 24.6 Å². The minimum Gasteiger partial charge on any atom is -0.485 e. The van der Waals surface area contributed by atoms with Gasteiger partial charge in [-0.25, -0.2) is 0 Å². The number of Topliss-reactive ketones (excluding diaryl/α,β-unsaturated/α-hetero) is 1. The molecule has 1 aliphatic heterocycles. The van der Waals surface area contributed by atoms with Gasteiger partial charge in [-0.1, -0.05) is 18.2 Å². The molecular formula is C11H10O2. The molecule has 0 atom stereocenters. The molecule has 2 heteroatoms. The Labute approximate surface area is 76.8 Å². The highest BCUT2D eigenvalue weighted by atomic mass is 16.5. The maximum absolute atomic E-state index is 11.3. The summed E-state index contributed by atoms with van der Waals surface area (Å²) < 4.78 is 5.17. The molecule has 0 aromatic heterocycles. The number of ether oxygens (including phenoxy) is 1. The lowest BCUT2D eigenvalue weighted by Crippen LogP contribution is -1.98. The lowest BCUT2D eigenvalue weighted by atomic mass is 10.1.